The Hall–Kier alpha value is -4.24. The minimum Gasteiger partial charge on any atom is -0.391 e. The number of amides is 3. The van der Waals surface area contributed by atoms with Crippen LogP contribution in [0.2, 0.25) is 0 Å². The Kier molecular flexibility index (Phi) is 12.9. The molecule has 3 atom stereocenters. The molecule has 3 amide bonds. The van der Waals surface area contributed by atoms with Gasteiger partial charge in [0.25, 0.3) is 5.91 Å². The number of likely N-dealkylation sites (tertiary alicyclic amines) is 1. The fourth-order valence-corrected chi connectivity index (χ4v) is 7.17. The molecule has 3 heterocycles. The molecule has 0 saturated carbocycles. The fourth-order valence-electron chi connectivity index (χ4n) is 7.17. The average Bonchev–Trinajstić information content (AvgIpc) is 3.92. The van der Waals surface area contributed by atoms with Gasteiger partial charge in [0.05, 0.1) is 11.7 Å². The molecule has 0 aliphatic carbocycles. The molecule has 0 bridgehead atoms. The van der Waals surface area contributed by atoms with Crippen LogP contribution < -0.4 is 56.7 Å². The van der Waals surface area contributed by atoms with Gasteiger partial charge in [-0.05, 0) is 40.8 Å². The van der Waals surface area contributed by atoms with Gasteiger partial charge in [0.1, 0.15) is 12.1 Å². The molecule has 2 aromatic heterocycles. The number of nitrogens with one attached hydrogen (secondary N) is 2. The van der Waals surface area contributed by atoms with Crippen molar-refractivity contribution in [3.8, 4) is 0 Å². The number of fused-ring (bicyclic) bond motifs is 2. The quantitative estimate of drug-likeness (QED) is 0.120. The van der Waals surface area contributed by atoms with Gasteiger partial charge in [-0.15, -0.1) is 10.2 Å². The monoisotopic (exact) mass is 737 g/mol. The Morgan fingerprint density at radius 1 is 0.943 bits per heavy atom. The zero-order chi connectivity index (χ0) is 36.0. The number of carbonyl (C=O) groups excluding carboxylic acids is 3. The Morgan fingerprint density at radius 2 is 1.70 bits per heavy atom. The number of hydrogen-bond acceptors (Lipinski definition) is 7. The summed E-state index contributed by atoms with van der Waals surface area (Å²) in [5, 5.41) is 30.8. The fraction of sp³-hybridized carbons (Fsp3) is 0.300. The molecule has 53 heavy (non-hydrogen) atoms. The van der Waals surface area contributed by atoms with E-state index in [0.717, 1.165) is 45.6 Å². The third-order valence-electron chi connectivity index (χ3n) is 9.81. The molecule has 0 unspecified atom stereocenters. The second kappa shape index (κ2) is 17.7. The van der Waals surface area contributed by atoms with Crippen LogP contribution in [0, 0.1) is 0 Å². The van der Waals surface area contributed by atoms with E-state index >= 15 is 0 Å². The predicted octanol–water partition coefficient (Wildman–Crippen LogP) is 1.30. The van der Waals surface area contributed by atoms with E-state index < -0.39 is 24.1 Å². The second-order valence-corrected chi connectivity index (χ2v) is 13.5. The summed E-state index contributed by atoms with van der Waals surface area (Å²) in [6.45, 7) is 1.06. The third-order valence-corrected chi connectivity index (χ3v) is 9.81. The molecule has 13 heteroatoms. The first-order valence-electron chi connectivity index (χ1n) is 17.7. The van der Waals surface area contributed by atoms with Crippen molar-refractivity contribution in [3.05, 3.63) is 126 Å². The Morgan fingerprint density at radius 3 is 2.49 bits per heavy atom. The molecular formula is C40H42KN8O4+. The molecule has 6 aromatic rings. The van der Waals surface area contributed by atoms with E-state index in [1.54, 1.807) is 11.9 Å². The maximum atomic E-state index is 14.3. The van der Waals surface area contributed by atoms with Gasteiger partial charge in [0.2, 0.25) is 11.8 Å². The van der Waals surface area contributed by atoms with Gasteiger partial charge < -0.3 is 24.8 Å². The number of likely N-dealkylation sites (N-methyl/N-ethyl adjacent to an activating group) is 1. The minimum absolute atomic E-state index is 0. The van der Waals surface area contributed by atoms with Crippen molar-refractivity contribution in [2.75, 3.05) is 13.6 Å². The van der Waals surface area contributed by atoms with Gasteiger partial charge in [-0.2, -0.15) is 5.21 Å². The molecule has 1 aliphatic rings. The standard InChI is InChI=1S/C40H42N8O4.K/c1-46(24-27-11-3-2-4-12-27)40(52)34(22-28-18-19-29-13-5-6-14-30(29)21-28)41-38(50)36-23-31(49)25-48(36)39(51)33-26-47(35-16-8-7-15-32(33)35)20-10-9-17-37-42-44-45-43-37;/h2-8,11-16,18-19,21,26,31,34,36,49H,9-10,17,20,22-25H2,1H3,(H,41,50)(H,42,43,44,45);/q;+1/t31-,34+,36-;/m1./s1. The summed E-state index contributed by atoms with van der Waals surface area (Å²) < 4.78 is 2.06. The van der Waals surface area contributed by atoms with E-state index in [-0.39, 0.29) is 82.6 Å². The molecule has 4 aromatic carbocycles. The zero-order valence-corrected chi connectivity index (χ0v) is 33.2. The number of β-amino-alcohol motifs (C(OH)–C–C–N with tert-alkyl or cyclic N) is 1. The number of aliphatic hydroxyl groups excluding tert-OH is 1. The maximum absolute atomic E-state index is 14.3. The van der Waals surface area contributed by atoms with Crippen LogP contribution in [-0.4, -0.2) is 89.6 Å². The molecular weight excluding hydrogens is 696 g/mol. The molecule has 7 rings (SSSR count). The van der Waals surface area contributed by atoms with Crippen LogP contribution in [0.4, 0.5) is 0 Å². The number of rotatable bonds is 13. The van der Waals surface area contributed by atoms with Crippen molar-refractivity contribution in [2.24, 2.45) is 0 Å². The van der Waals surface area contributed by atoms with E-state index in [9.17, 15) is 19.5 Å². The van der Waals surface area contributed by atoms with Crippen LogP contribution in [0.3, 0.4) is 0 Å². The van der Waals surface area contributed by atoms with E-state index in [1.807, 2.05) is 103 Å². The number of aromatic amines is 1. The van der Waals surface area contributed by atoms with Gasteiger partial charge in [-0.1, -0.05) is 96.2 Å². The van der Waals surface area contributed by atoms with Crippen LogP contribution in [0.15, 0.2) is 103 Å². The molecule has 1 fully saturated rings. The number of aryl methyl sites for hydroxylation is 2. The number of nitrogens with zero attached hydrogens (tertiary/aromatic N) is 6. The van der Waals surface area contributed by atoms with E-state index in [0.29, 0.717) is 30.9 Å². The van der Waals surface area contributed by atoms with Crippen LogP contribution in [0.1, 0.15) is 46.6 Å². The first-order valence-corrected chi connectivity index (χ1v) is 17.7. The van der Waals surface area contributed by atoms with E-state index in [4.69, 9.17) is 0 Å². The van der Waals surface area contributed by atoms with E-state index in [2.05, 4.69) is 30.5 Å². The second-order valence-electron chi connectivity index (χ2n) is 13.5. The number of unbranched alkanes of at least 4 members (excludes halogenated alkanes) is 1. The van der Waals surface area contributed by atoms with E-state index in [1.165, 1.54) is 4.90 Å². The molecule has 0 radical (unpaired) electrons. The van der Waals surface area contributed by atoms with Gasteiger partial charge >= 0.3 is 51.4 Å². The molecule has 12 nitrogen and oxygen atoms in total. The van der Waals surface area contributed by atoms with Crippen molar-refractivity contribution in [3.63, 3.8) is 0 Å². The summed E-state index contributed by atoms with van der Waals surface area (Å²) in [6, 6.07) is 29.6. The number of hydrogen-bond donors (Lipinski definition) is 3. The summed E-state index contributed by atoms with van der Waals surface area (Å²) in [5.74, 6) is -0.391. The molecule has 1 aliphatic heterocycles. The van der Waals surface area contributed by atoms with Crippen molar-refractivity contribution in [1.29, 1.82) is 0 Å². The van der Waals surface area contributed by atoms with Crippen LogP contribution >= 0.6 is 0 Å². The summed E-state index contributed by atoms with van der Waals surface area (Å²) >= 11 is 0. The Labute approximate surface area is 350 Å². The van der Waals surface area contributed by atoms with Crippen molar-refractivity contribution >= 4 is 39.4 Å². The number of aliphatic hydroxyl groups is 1. The number of aromatic nitrogens is 5. The number of para-hydroxylation sites is 1. The largest absolute Gasteiger partial charge is 1.00 e. The molecule has 266 valence electrons. The summed E-state index contributed by atoms with van der Waals surface area (Å²) in [7, 11) is 1.73. The maximum Gasteiger partial charge on any atom is 1.00 e. The van der Waals surface area contributed by atoms with Gasteiger partial charge in [-0.25, -0.2) is 0 Å². The Balaban J connectivity index is 0.00000481. The topological polar surface area (TPSA) is 149 Å². The minimum atomic E-state index is -0.953. The van der Waals surface area contributed by atoms with Crippen molar-refractivity contribution in [1.82, 2.24) is 40.3 Å². The zero-order valence-electron chi connectivity index (χ0n) is 30.1. The molecule has 1 saturated heterocycles. The smallest absolute Gasteiger partial charge is 0.391 e. The van der Waals surface area contributed by atoms with Crippen LogP contribution in [-0.2, 0) is 35.5 Å². The molecule has 3 N–H and O–H groups in total. The number of tetrazole rings is 1. The summed E-state index contributed by atoms with van der Waals surface area (Å²) in [4.78, 5) is 45.6. The number of carbonyl (C=O) groups is 3. The number of benzene rings is 4. The Bertz CT molecular complexity index is 2170. The molecule has 0 spiro atoms. The van der Waals surface area contributed by atoms with Crippen molar-refractivity contribution in [2.45, 2.75) is 63.4 Å². The van der Waals surface area contributed by atoms with Gasteiger partial charge in [0, 0.05) is 63.0 Å². The average molecular weight is 738 g/mol. The van der Waals surface area contributed by atoms with Crippen LogP contribution in [0.5, 0.6) is 0 Å². The summed E-state index contributed by atoms with van der Waals surface area (Å²) in [5.41, 5.74) is 3.24. The van der Waals surface area contributed by atoms with Crippen molar-refractivity contribution < 1.29 is 70.9 Å². The third kappa shape index (κ3) is 9.11. The first-order chi connectivity index (χ1) is 25.3. The SMILES string of the molecule is CN(Cc1ccccc1)C(=O)[C@H](Cc1ccc2ccccc2c1)NC(=O)[C@H]1C[C@@H](O)CN1C(=O)c1cn(CCCCc2nn[nH]n2)c2ccccc12.[K+]. The van der Waals surface area contributed by atoms with Gasteiger partial charge in [0.15, 0.2) is 5.82 Å². The number of H-pyrrole nitrogens is 1. The normalized spacial score (nSPS) is 16.0. The van der Waals surface area contributed by atoms with Gasteiger partial charge in [-0.3, -0.25) is 14.4 Å². The first kappa shape index (κ1) is 38.5. The van der Waals surface area contributed by atoms with Crippen LogP contribution in [0.25, 0.3) is 21.7 Å². The summed E-state index contributed by atoms with van der Waals surface area (Å²) in [6.07, 6.45) is 3.66. The predicted molar refractivity (Wildman–Crippen MR) is 197 cm³/mol.